The van der Waals surface area contributed by atoms with Gasteiger partial charge in [-0.15, -0.1) is 0 Å². The fourth-order valence-corrected chi connectivity index (χ4v) is 4.97. The summed E-state index contributed by atoms with van der Waals surface area (Å²) in [4.78, 5) is 19.3. The molecule has 2 aromatic carbocycles. The number of likely N-dealkylation sites (N-methyl/N-ethyl adjacent to an activating group) is 1. The molecule has 7 nitrogen and oxygen atoms in total. The number of rotatable bonds is 1. The number of hydrogen-bond donors (Lipinski definition) is 2. The molecule has 174 valence electrons. The van der Waals surface area contributed by atoms with Gasteiger partial charge in [-0.2, -0.15) is 13.2 Å². The van der Waals surface area contributed by atoms with E-state index in [0.29, 0.717) is 36.5 Å². The van der Waals surface area contributed by atoms with E-state index in [2.05, 4.69) is 4.99 Å². The summed E-state index contributed by atoms with van der Waals surface area (Å²) in [7, 11) is 1.55. The highest BCUT2D eigenvalue weighted by molar-refractivity contribution is 6.07. The predicted molar refractivity (Wildman–Crippen MR) is 115 cm³/mol. The molecule has 3 heterocycles. The zero-order valence-electron chi connectivity index (χ0n) is 17.9. The molecule has 0 radical (unpaired) electrons. The summed E-state index contributed by atoms with van der Waals surface area (Å²) in [5.41, 5.74) is 10.0. The minimum Gasteiger partial charge on any atom is -0.484 e. The Morgan fingerprint density at radius 3 is 2.55 bits per heavy atom. The molecule has 0 saturated carbocycles. The van der Waals surface area contributed by atoms with Gasteiger partial charge < -0.3 is 20.9 Å². The van der Waals surface area contributed by atoms with E-state index < -0.39 is 22.9 Å². The van der Waals surface area contributed by atoms with Crippen LogP contribution < -0.4 is 16.2 Å². The smallest absolute Gasteiger partial charge is 0.416 e. The van der Waals surface area contributed by atoms with E-state index in [1.54, 1.807) is 25.2 Å². The first kappa shape index (κ1) is 21.6. The molecule has 0 bridgehead atoms. The lowest BCUT2D eigenvalue weighted by atomic mass is 9.74. The lowest BCUT2D eigenvalue weighted by Crippen LogP contribution is -2.55. The number of aliphatic imine (C=N–C) groups is 1. The molecule has 4 N–H and O–H groups in total. The Kier molecular flexibility index (Phi) is 4.65. The average molecular weight is 460 g/mol. The number of guanidine groups is 1. The monoisotopic (exact) mass is 460 g/mol. The molecule has 3 aliphatic heterocycles. The summed E-state index contributed by atoms with van der Waals surface area (Å²) < 4.78 is 52.1. The summed E-state index contributed by atoms with van der Waals surface area (Å²) in [6.07, 6.45) is -2.85. The van der Waals surface area contributed by atoms with Crippen molar-refractivity contribution in [2.24, 2.45) is 10.7 Å². The SMILES string of the molecule is CN1C(=O)C2(CC3(CCCOC3)Oc3ccc(-c4cc(N)cc(C(F)(F)F)c4)cc32)N=C1N. The predicted octanol–water partition coefficient (Wildman–Crippen LogP) is 3.27. The number of alkyl halides is 3. The number of anilines is 1. The van der Waals surface area contributed by atoms with Crippen molar-refractivity contribution in [2.75, 3.05) is 26.0 Å². The highest BCUT2D eigenvalue weighted by atomic mass is 19.4. The van der Waals surface area contributed by atoms with Crippen LogP contribution in [-0.4, -0.2) is 42.6 Å². The van der Waals surface area contributed by atoms with E-state index in [1.165, 1.54) is 11.0 Å². The van der Waals surface area contributed by atoms with E-state index in [1.807, 2.05) is 0 Å². The minimum atomic E-state index is -4.54. The van der Waals surface area contributed by atoms with Crippen LogP contribution in [0.3, 0.4) is 0 Å². The number of halogens is 3. The number of ether oxygens (including phenoxy) is 2. The van der Waals surface area contributed by atoms with Gasteiger partial charge in [0.25, 0.3) is 5.91 Å². The number of nitrogens with zero attached hydrogens (tertiary/aromatic N) is 2. The van der Waals surface area contributed by atoms with Crippen LogP contribution in [-0.2, 0) is 21.2 Å². The van der Waals surface area contributed by atoms with E-state index in [4.69, 9.17) is 20.9 Å². The largest absolute Gasteiger partial charge is 0.484 e. The highest BCUT2D eigenvalue weighted by Gasteiger charge is 2.58. The molecule has 1 saturated heterocycles. The average Bonchev–Trinajstić information content (AvgIpc) is 2.97. The molecule has 0 aliphatic carbocycles. The van der Waals surface area contributed by atoms with Crippen LogP contribution >= 0.6 is 0 Å². The van der Waals surface area contributed by atoms with E-state index >= 15 is 0 Å². The first-order valence-corrected chi connectivity index (χ1v) is 10.6. The van der Waals surface area contributed by atoms with Crippen molar-refractivity contribution in [3.05, 3.63) is 47.5 Å². The number of hydrogen-bond acceptors (Lipinski definition) is 6. The van der Waals surface area contributed by atoms with Gasteiger partial charge in [0.05, 0.1) is 12.2 Å². The van der Waals surface area contributed by atoms with Crippen molar-refractivity contribution in [1.29, 1.82) is 0 Å². The van der Waals surface area contributed by atoms with Gasteiger partial charge in [0.15, 0.2) is 11.5 Å². The summed E-state index contributed by atoms with van der Waals surface area (Å²) in [5, 5.41) is 0. The number of fused-ring (bicyclic) bond motifs is 2. The van der Waals surface area contributed by atoms with Crippen LogP contribution in [0.5, 0.6) is 5.75 Å². The summed E-state index contributed by atoms with van der Waals surface area (Å²) in [5.74, 6) is 0.208. The van der Waals surface area contributed by atoms with Crippen molar-refractivity contribution >= 4 is 17.6 Å². The second-order valence-electron chi connectivity index (χ2n) is 8.86. The van der Waals surface area contributed by atoms with Gasteiger partial charge in [-0.25, -0.2) is 4.99 Å². The number of nitrogen functional groups attached to an aromatic ring is 1. The molecule has 2 unspecified atom stereocenters. The molecule has 10 heteroatoms. The van der Waals surface area contributed by atoms with Crippen molar-refractivity contribution in [3.8, 4) is 16.9 Å². The number of benzene rings is 2. The maximum absolute atomic E-state index is 13.4. The number of carbonyl (C=O) groups is 1. The second-order valence-corrected chi connectivity index (χ2v) is 8.86. The maximum atomic E-state index is 13.4. The molecular formula is C23H23F3N4O3. The van der Waals surface area contributed by atoms with E-state index in [0.717, 1.165) is 18.6 Å². The lowest BCUT2D eigenvalue weighted by molar-refractivity contribution is -0.139. The zero-order chi connectivity index (χ0) is 23.6. The Bertz CT molecular complexity index is 1170. The molecule has 2 atom stereocenters. The standard InChI is InChI=1S/C23H23F3N4O3/c1-30-19(31)22(29-20(30)28)11-21(5-2-6-32-12-21)33-18-4-3-13(9-17(18)22)14-7-15(23(24,25)26)10-16(27)8-14/h3-4,7-10H,2,5-6,11-12,27H2,1H3,(H2,28,29). The minimum absolute atomic E-state index is 0.0132. The van der Waals surface area contributed by atoms with Crippen molar-refractivity contribution in [3.63, 3.8) is 0 Å². The highest BCUT2D eigenvalue weighted by Crippen LogP contribution is 2.52. The number of amides is 1. The van der Waals surface area contributed by atoms with Gasteiger partial charge in [0, 0.05) is 31.3 Å². The van der Waals surface area contributed by atoms with E-state index in [9.17, 15) is 18.0 Å². The fraction of sp³-hybridized carbons (Fsp3) is 0.391. The Labute approximate surface area is 188 Å². The fourth-order valence-electron chi connectivity index (χ4n) is 4.97. The number of nitrogens with two attached hydrogens (primary N) is 2. The summed E-state index contributed by atoms with van der Waals surface area (Å²) >= 11 is 0. The zero-order valence-corrected chi connectivity index (χ0v) is 17.9. The molecule has 3 aliphatic rings. The Morgan fingerprint density at radius 1 is 1.12 bits per heavy atom. The van der Waals surface area contributed by atoms with Gasteiger partial charge in [0.1, 0.15) is 11.4 Å². The van der Waals surface area contributed by atoms with Gasteiger partial charge in [0.2, 0.25) is 0 Å². The van der Waals surface area contributed by atoms with E-state index in [-0.39, 0.29) is 29.5 Å². The van der Waals surface area contributed by atoms with Gasteiger partial charge in [-0.05, 0) is 54.3 Å². The Balaban J connectivity index is 1.67. The Hall–Kier alpha value is -3.27. The first-order chi connectivity index (χ1) is 15.5. The van der Waals surface area contributed by atoms with Crippen molar-refractivity contribution in [1.82, 2.24) is 4.90 Å². The van der Waals surface area contributed by atoms with Crippen molar-refractivity contribution in [2.45, 2.75) is 36.6 Å². The molecule has 5 rings (SSSR count). The normalized spacial score (nSPS) is 27.0. The van der Waals surface area contributed by atoms with Gasteiger partial charge in [-0.1, -0.05) is 6.07 Å². The summed E-state index contributed by atoms with van der Waals surface area (Å²) in [6, 6.07) is 8.35. The van der Waals surface area contributed by atoms with Crippen LogP contribution in [0.15, 0.2) is 41.4 Å². The van der Waals surface area contributed by atoms with Crippen LogP contribution in [0.4, 0.5) is 18.9 Å². The third kappa shape index (κ3) is 3.40. The topological polar surface area (TPSA) is 103 Å². The second kappa shape index (κ2) is 7.11. The Morgan fingerprint density at radius 2 is 1.91 bits per heavy atom. The molecule has 0 aromatic heterocycles. The van der Waals surface area contributed by atoms with Crippen LogP contribution in [0.25, 0.3) is 11.1 Å². The molecule has 2 spiro atoms. The molecule has 33 heavy (non-hydrogen) atoms. The van der Waals surface area contributed by atoms with Crippen molar-refractivity contribution < 1.29 is 27.4 Å². The molecule has 2 aromatic rings. The van der Waals surface area contributed by atoms with Crippen LogP contribution in [0.2, 0.25) is 0 Å². The third-order valence-electron chi connectivity index (χ3n) is 6.54. The number of carbonyl (C=O) groups excluding carboxylic acids is 1. The van der Waals surface area contributed by atoms with Crippen LogP contribution in [0, 0.1) is 0 Å². The summed E-state index contributed by atoms with van der Waals surface area (Å²) in [6.45, 7) is 0.923. The maximum Gasteiger partial charge on any atom is 0.416 e. The third-order valence-corrected chi connectivity index (χ3v) is 6.54. The molecular weight excluding hydrogens is 437 g/mol. The molecule has 1 fully saturated rings. The molecule has 1 amide bonds. The van der Waals surface area contributed by atoms with Gasteiger partial charge >= 0.3 is 6.18 Å². The lowest BCUT2D eigenvalue weighted by Gasteiger charge is -2.46. The quantitative estimate of drug-likeness (QED) is 0.636. The van der Waals surface area contributed by atoms with Gasteiger partial charge in [-0.3, -0.25) is 9.69 Å². The van der Waals surface area contributed by atoms with Crippen LogP contribution in [0.1, 0.15) is 30.4 Å². The first-order valence-electron chi connectivity index (χ1n) is 10.6.